The molecule has 94 valence electrons. The Morgan fingerprint density at radius 1 is 1.42 bits per heavy atom. The Bertz CT molecular complexity index is 684. The van der Waals surface area contributed by atoms with Crippen molar-refractivity contribution in [3.05, 3.63) is 50.9 Å². The summed E-state index contributed by atoms with van der Waals surface area (Å²) in [4.78, 5) is 17.6. The van der Waals surface area contributed by atoms with Gasteiger partial charge in [0.2, 0.25) is 11.6 Å². The topological polar surface area (TPSA) is 102 Å². The number of aromatic nitrogens is 2. The summed E-state index contributed by atoms with van der Waals surface area (Å²) in [5, 5.41) is 19.5. The molecule has 0 aliphatic rings. The standard InChI is InChI=1S/C11H5BrN4O3/c12-7-3-8(6-14-5-7)19-11-2-1-10(16(17)18)9(4-13)15-11/h1-3,5-6H. The number of hydrogen-bond donors (Lipinski definition) is 0. The zero-order valence-corrected chi connectivity index (χ0v) is 10.9. The first-order chi connectivity index (χ1) is 9.10. The van der Waals surface area contributed by atoms with Crippen LogP contribution in [0.4, 0.5) is 5.69 Å². The molecule has 0 aliphatic heterocycles. The number of ether oxygens (including phenoxy) is 1. The molecule has 0 bridgehead atoms. The van der Waals surface area contributed by atoms with E-state index in [1.165, 1.54) is 18.3 Å². The van der Waals surface area contributed by atoms with E-state index in [9.17, 15) is 10.1 Å². The summed E-state index contributed by atoms with van der Waals surface area (Å²) in [6.07, 6.45) is 3.04. The zero-order chi connectivity index (χ0) is 13.8. The molecule has 0 aromatic carbocycles. The Labute approximate surface area is 115 Å². The van der Waals surface area contributed by atoms with Gasteiger partial charge in [-0.1, -0.05) is 0 Å². The molecule has 2 aromatic heterocycles. The van der Waals surface area contributed by atoms with Gasteiger partial charge in [0.15, 0.2) is 0 Å². The van der Waals surface area contributed by atoms with Gasteiger partial charge < -0.3 is 4.74 Å². The lowest BCUT2D eigenvalue weighted by atomic mass is 10.3. The molecule has 7 nitrogen and oxygen atoms in total. The first-order valence-corrected chi connectivity index (χ1v) is 5.73. The molecule has 0 aliphatic carbocycles. The number of hydrogen-bond acceptors (Lipinski definition) is 6. The van der Waals surface area contributed by atoms with E-state index in [2.05, 4.69) is 25.9 Å². The van der Waals surface area contributed by atoms with Gasteiger partial charge in [0.25, 0.3) is 0 Å². The number of nitriles is 1. The highest BCUT2D eigenvalue weighted by Crippen LogP contribution is 2.24. The summed E-state index contributed by atoms with van der Waals surface area (Å²) < 4.78 is 6.07. The van der Waals surface area contributed by atoms with Gasteiger partial charge in [0.05, 0.1) is 11.1 Å². The second-order valence-corrected chi connectivity index (χ2v) is 4.24. The van der Waals surface area contributed by atoms with Gasteiger partial charge in [-0.2, -0.15) is 10.2 Å². The van der Waals surface area contributed by atoms with E-state index in [0.29, 0.717) is 10.2 Å². The van der Waals surface area contributed by atoms with E-state index in [1.54, 1.807) is 18.3 Å². The summed E-state index contributed by atoms with van der Waals surface area (Å²) in [6, 6.07) is 5.80. The third-order valence-corrected chi connectivity index (χ3v) is 2.49. The molecule has 0 saturated carbocycles. The lowest BCUT2D eigenvalue weighted by molar-refractivity contribution is -0.385. The smallest absolute Gasteiger partial charge is 0.305 e. The highest BCUT2D eigenvalue weighted by molar-refractivity contribution is 9.10. The van der Waals surface area contributed by atoms with Crippen molar-refractivity contribution in [3.8, 4) is 17.7 Å². The molecule has 0 amide bonds. The Morgan fingerprint density at radius 3 is 2.84 bits per heavy atom. The minimum Gasteiger partial charge on any atom is -0.437 e. The SMILES string of the molecule is N#Cc1nc(Oc2cncc(Br)c2)ccc1[N+](=O)[O-]. The first kappa shape index (κ1) is 12.9. The summed E-state index contributed by atoms with van der Waals surface area (Å²) >= 11 is 3.23. The van der Waals surface area contributed by atoms with Gasteiger partial charge in [-0.15, -0.1) is 0 Å². The minimum atomic E-state index is -0.671. The molecule has 2 rings (SSSR count). The Balaban J connectivity index is 2.32. The van der Waals surface area contributed by atoms with Crippen LogP contribution in [-0.2, 0) is 0 Å². The van der Waals surface area contributed by atoms with Crippen molar-refractivity contribution in [2.75, 3.05) is 0 Å². The first-order valence-electron chi connectivity index (χ1n) is 4.94. The van der Waals surface area contributed by atoms with Crippen LogP contribution in [0.15, 0.2) is 35.1 Å². The maximum atomic E-state index is 10.7. The number of rotatable bonds is 3. The van der Waals surface area contributed by atoms with Gasteiger partial charge in [-0.3, -0.25) is 15.1 Å². The molecule has 0 N–H and O–H groups in total. The van der Waals surface area contributed by atoms with Crippen LogP contribution < -0.4 is 4.74 Å². The molecule has 0 saturated heterocycles. The van der Waals surface area contributed by atoms with Crippen molar-refractivity contribution in [3.63, 3.8) is 0 Å². The van der Waals surface area contributed by atoms with E-state index in [-0.39, 0.29) is 17.3 Å². The van der Waals surface area contributed by atoms with Crippen molar-refractivity contribution in [1.82, 2.24) is 9.97 Å². The summed E-state index contributed by atoms with van der Waals surface area (Å²) in [5.41, 5.74) is -0.660. The molecule has 0 unspecified atom stereocenters. The van der Waals surface area contributed by atoms with Crippen LogP contribution in [-0.4, -0.2) is 14.9 Å². The quantitative estimate of drug-likeness (QED) is 0.636. The highest BCUT2D eigenvalue weighted by atomic mass is 79.9. The lowest BCUT2D eigenvalue weighted by Crippen LogP contribution is -1.97. The van der Waals surface area contributed by atoms with E-state index in [4.69, 9.17) is 10.00 Å². The van der Waals surface area contributed by atoms with Crippen molar-refractivity contribution in [1.29, 1.82) is 5.26 Å². The molecular weight excluding hydrogens is 316 g/mol. The van der Waals surface area contributed by atoms with Crippen molar-refractivity contribution in [2.24, 2.45) is 0 Å². The normalized spacial score (nSPS) is 9.68. The third-order valence-electron chi connectivity index (χ3n) is 2.05. The molecule has 2 heterocycles. The molecule has 19 heavy (non-hydrogen) atoms. The van der Waals surface area contributed by atoms with Crippen molar-refractivity contribution in [2.45, 2.75) is 0 Å². The Morgan fingerprint density at radius 2 is 2.21 bits per heavy atom. The van der Waals surface area contributed by atoms with E-state index in [0.717, 1.165) is 0 Å². The maximum Gasteiger partial charge on any atom is 0.305 e. The third kappa shape index (κ3) is 3.02. The van der Waals surface area contributed by atoms with Crippen LogP contribution in [0.2, 0.25) is 0 Å². The summed E-state index contributed by atoms with van der Waals surface area (Å²) in [5.74, 6) is 0.488. The monoisotopic (exact) mass is 320 g/mol. The van der Waals surface area contributed by atoms with Gasteiger partial charge >= 0.3 is 5.69 Å². The Hall–Kier alpha value is -2.53. The summed E-state index contributed by atoms with van der Waals surface area (Å²) in [7, 11) is 0. The second-order valence-electron chi connectivity index (χ2n) is 3.33. The van der Waals surface area contributed by atoms with Crippen LogP contribution in [0.1, 0.15) is 5.69 Å². The average molecular weight is 321 g/mol. The lowest BCUT2D eigenvalue weighted by Gasteiger charge is -2.04. The molecule has 0 atom stereocenters. The molecular formula is C11H5BrN4O3. The minimum absolute atomic E-state index is 0.0852. The van der Waals surface area contributed by atoms with Gasteiger partial charge in [0.1, 0.15) is 11.8 Å². The molecule has 0 spiro atoms. The van der Waals surface area contributed by atoms with Crippen LogP contribution in [0, 0.1) is 21.4 Å². The highest BCUT2D eigenvalue weighted by Gasteiger charge is 2.16. The molecule has 0 fully saturated rings. The van der Waals surface area contributed by atoms with Crippen LogP contribution in [0.25, 0.3) is 0 Å². The fraction of sp³-hybridized carbons (Fsp3) is 0. The van der Waals surface area contributed by atoms with E-state index in [1.807, 2.05) is 0 Å². The number of halogens is 1. The van der Waals surface area contributed by atoms with Crippen LogP contribution >= 0.6 is 15.9 Å². The van der Waals surface area contributed by atoms with Crippen LogP contribution in [0.3, 0.4) is 0 Å². The summed E-state index contributed by atoms with van der Waals surface area (Å²) in [6.45, 7) is 0. The molecule has 0 radical (unpaired) electrons. The number of nitrogens with zero attached hydrogens (tertiary/aromatic N) is 4. The van der Waals surface area contributed by atoms with E-state index >= 15 is 0 Å². The second kappa shape index (κ2) is 5.41. The fourth-order valence-electron chi connectivity index (χ4n) is 1.29. The molecule has 8 heteroatoms. The predicted molar refractivity (Wildman–Crippen MR) is 67.6 cm³/mol. The largest absolute Gasteiger partial charge is 0.437 e. The van der Waals surface area contributed by atoms with Crippen molar-refractivity contribution < 1.29 is 9.66 Å². The molecule has 2 aromatic rings. The van der Waals surface area contributed by atoms with Crippen LogP contribution in [0.5, 0.6) is 11.6 Å². The average Bonchev–Trinajstić information content (AvgIpc) is 2.38. The predicted octanol–water partition coefficient (Wildman–Crippen LogP) is 2.81. The van der Waals surface area contributed by atoms with Gasteiger partial charge in [0, 0.05) is 22.8 Å². The van der Waals surface area contributed by atoms with Gasteiger partial charge in [-0.25, -0.2) is 0 Å². The van der Waals surface area contributed by atoms with Gasteiger partial charge in [-0.05, 0) is 22.0 Å². The Kier molecular flexibility index (Phi) is 3.68. The van der Waals surface area contributed by atoms with Crippen molar-refractivity contribution >= 4 is 21.6 Å². The maximum absolute atomic E-state index is 10.7. The number of nitro groups is 1. The fourth-order valence-corrected chi connectivity index (χ4v) is 1.63. The number of pyridine rings is 2. The zero-order valence-electron chi connectivity index (χ0n) is 9.28. The van der Waals surface area contributed by atoms with E-state index < -0.39 is 4.92 Å².